The third-order valence-electron chi connectivity index (χ3n) is 6.65. The molecule has 2 N–H and O–H groups in total. The predicted molar refractivity (Wildman–Crippen MR) is 139 cm³/mol. The zero-order valence-electron chi connectivity index (χ0n) is 20.5. The van der Waals surface area contributed by atoms with Crippen LogP contribution in [0.4, 0.5) is 5.69 Å². The molecule has 0 spiro atoms. The molecule has 0 saturated heterocycles. The van der Waals surface area contributed by atoms with Crippen molar-refractivity contribution in [2.45, 2.75) is 57.5 Å². The summed E-state index contributed by atoms with van der Waals surface area (Å²) in [7, 11) is 0. The summed E-state index contributed by atoms with van der Waals surface area (Å²) in [5.41, 5.74) is 3.61. The van der Waals surface area contributed by atoms with Crippen molar-refractivity contribution in [2.75, 3.05) is 5.32 Å². The van der Waals surface area contributed by atoms with E-state index >= 15 is 0 Å². The molecule has 0 atom stereocenters. The molecule has 1 aliphatic rings. The second-order valence-corrected chi connectivity index (χ2v) is 9.60. The minimum Gasteiger partial charge on any atom is -0.382 e. The standard InChI is InChI=1S/C28H29N7O/c1-18(2)33-25-14-26(35-12-10-21-13-19(15-29)16-32-27(21)35)31-17-23(25)28(36)34-22-8-6-20(7-9-22)24-5-3-4-11-30-24/h3-5,10-14,16-18,20,22H,6-9H2,1-2H3,(H,31,33)(H,34,36)/t20-,22-. The topological polar surface area (TPSA) is 109 Å². The van der Waals surface area contributed by atoms with Gasteiger partial charge in [-0.05, 0) is 63.8 Å². The van der Waals surface area contributed by atoms with E-state index in [9.17, 15) is 4.79 Å². The van der Waals surface area contributed by atoms with Gasteiger partial charge < -0.3 is 10.6 Å². The molecule has 182 valence electrons. The molecule has 8 nitrogen and oxygen atoms in total. The van der Waals surface area contributed by atoms with Gasteiger partial charge in [0.05, 0.1) is 16.8 Å². The molecule has 4 aromatic rings. The highest BCUT2D eigenvalue weighted by molar-refractivity contribution is 5.99. The van der Waals surface area contributed by atoms with Crippen LogP contribution in [0.15, 0.2) is 61.2 Å². The number of pyridine rings is 3. The molecule has 0 bridgehead atoms. The molecule has 0 unspecified atom stereocenters. The van der Waals surface area contributed by atoms with Crippen LogP contribution in [0.3, 0.4) is 0 Å². The summed E-state index contributed by atoms with van der Waals surface area (Å²) < 4.78 is 1.86. The Hall–Kier alpha value is -4.25. The SMILES string of the molecule is CC(C)Nc1cc(-n2ccc3cc(C#N)cnc32)ncc1C(=O)N[C@H]1CC[C@H](c2ccccn2)CC1. The summed E-state index contributed by atoms with van der Waals surface area (Å²) >= 11 is 0. The Kier molecular flexibility index (Phi) is 6.63. The lowest BCUT2D eigenvalue weighted by atomic mass is 9.84. The van der Waals surface area contributed by atoms with Crippen LogP contribution in [0.5, 0.6) is 0 Å². The average Bonchev–Trinajstić information content (AvgIpc) is 3.32. The smallest absolute Gasteiger partial charge is 0.255 e. The fourth-order valence-electron chi connectivity index (χ4n) is 4.87. The molecule has 1 amide bonds. The van der Waals surface area contributed by atoms with E-state index in [1.165, 1.54) is 0 Å². The van der Waals surface area contributed by atoms with Gasteiger partial charge in [-0.15, -0.1) is 0 Å². The molecule has 0 aromatic carbocycles. The summed E-state index contributed by atoms with van der Waals surface area (Å²) in [5.74, 6) is 0.984. The van der Waals surface area contributed by atoms with Crippen LogP contribution < -0.4 is 10.6 Å². The number of rotatable bonds is 6. The third kappa shape index (κ3) is 4.91. The van der Waals surface area contributed by atoms with Crippen molar-refractivity contribution in [1.82, 2.24) is 24.8 Å². The quantitative estimate of drug-likeness (QED) is 0.404. The number of aromatic nitrogens is 4. The Morgan fingerprint density at radius 2 is 1.92 bits per heavy atom. The van der Waals surface area contributed by atoms with Crippen molar-refractivity contribution >= 4 is 22.6 Å². The summed E-state index contributed by atoms with van der Waals surface area (Å²) in [6, 6.07) is 14.0. The molecule has 4 aromatic heterocycles. The van der Waals surface area contributed by atoms with Gasteiger partial charge >= 0.3 is 0 Å². The van der Waals surface area contributed by atoms with Gasteiger partial charge in [0.1, 0.15) is 17.5 Å². The van der Waals surface area contributed by atoms with Crippen LogP contribution in [0.1, 0.15) is 67.1 Å². The van der Waals surface area contributed by atoms with Crippen molar-refractivity contribution in [1.29, 1.82) is 5.26 Å². The number of nitrogens with zero attached hydrogens (tertiary/aromatic N) is 5. The lowest BCUT2D eigenvalue weighted by Crippen LogP contribution is -2.38. The predicted octanol–water partition coefficient (Wildman–Crippen LogP) is 4.96. The molecule has 1 fully saturated rings. The Balaban J connectivity index is 1.34. The van der Waals surface area contributed by atoms with Gasteiger partial charge in [-0.3, -0.25) is 14.3 Å². The minimum absolute atomic E-state index is 0.118. The summed E-state index contributed by atoms with van der Waals surface area (Å²) in [4.78, 5) is 26.8. The molecular weight excluding hydrogens is 450 g/mol. The molecule has 36 heavy (non-hydrogen) atoms. The van der Waals surface area contributed by atoms with E-state index in [1.807, 2.05) is 55.1 Å². The van der Waals surface area contributed by atoms with E-state index < -0.39 is 0 Å². The first-order chi connectivity index (χ1) is 17.5. The maximum Gasteiger partial charge on any atom is 0.255 e. The Morgan fingerprint density at radius 1 is 1.08 bits per heavy atom. The fourth-order valence-corrected chi connectivity index (χ4v) is 4.87. The summed E-state index contributed by atoms with van der Waals surface area (Å²) in [5, 5.41) is 16.6. The molecule has 5 rings (SSSR count). The highest BCUT2D eigenvalue weighted by atomic mass is 16.1. The van der Waals surface area contributed by atoms with Crippen LogP contribution in [-0.4, -0.2) is 37.5 Å². The minimum atomic E-state index is -0.118. The van der Waals surface area contributed by atoms with E-state index in [0.29, 0.717) is 28.5 Å². The highest BCUT2D eigenvalue weighted by Gasteiger charge is 2.25. The van der Waals surface area contributed by atoms with Crippen LogP contribution in [0.25, 0.3) is 16.9 Å². The lowest BCUT2D eigenvalue weighted by molar-refractivity contribution is 0.0926. The highest BCUT2D eigenvalue weighted by Crippen LogP contribution is 2.32. The van der Waals surface area contributed by atoms with Crippen molar-refractivity contribution in [3.63, 3.8) is 0 Å². The van der Waals surface area contributed by atoms with E-state index in [0.717, 1.165) is 42.5 Å². The number of nitrogens with one attached hydrogen (secondary N) is 2. The first-order valence-electron chi connectivity index (χ1n) is 12.4. The number of carbonyl (C=O) groups is 1. The van der Waals surface area contributed by atoms with Gasteiger partial charge in [-0.2, -0.15) is 5.26 Å². The molecular formula is C28H29N7O. The second-order valence-electron chi connectivity index (χ2n) is 9.60. The Bertz CT molecular complexity index is 1410. The van der Waals surface area contributed by atoms with Gasteiger partial charge in [0.25, 0.3) is 5.91 Å². The maximum atomic E-state index is 13.3. The summed E-state index contributed by atoms with van der Waals surface area (Å²) in [6.45, 7) is 4.08. The number of hydrogen-bond acceptors (Lipinski definition) is 6. The number of anilines is 1. The van der Waals surface area contributed by atoms with Crippen LogP contribution >= 0.6 is 0 Å². The van der Waals surface area contributed by atoms with Crippen molar-refractivity contribution in [3.8, 4) is 11.9 Å². The van der Waals surface area contributed by atoms with Gasteiger partial charge in [0, 0.05) is 59.9 Å². The van der Waals surface area contributed by atoms with Crippen LogP contribution in [0, 0.1) is 11.3 Å². The van der Waals surface area contributed by atoms with E-state index in [1.54, 1.807) is 18.5 Å². The number of amides is 1. The molecule has 4 heterocycles. The van der Waals surface area contributed by atoms with Gasteiger partial charge in [-0.1, -0.05) is 6.07 Å². The van der Waals surface area contributed by atoms with Gasteiger partial charge in [0.15, 0.2) is 0 Å². The van der Waals surface area contributed by atoms with Gasteiger partial charge in [-0.25, -0.2) is 9.97 Å². The maximum absolute atomic E-state index is 13.3. The van der Waals surface area contributed by atoms with Crippen molar-refractivity contribution in [3.05, 3.63) is 78.0 Å². The largest absolute Gasteiger partial charge is 0.382 e. The van der Waals surface area contributed by atoms with E-state index in [2.05, 4.69) is 37.7 Å². The molecule has 1 saturated carbocycles. The number of fused-ring (bicyclic) bond motifs is 1. The third-order valence-corrected chi connectivity index (χ3v) is 6.65. The zero-order valence-corrected chi connectivity index (χ0v) is 20.5. The van der Waals surface area contributed by atoms with Crippen LogP contribution in [0.2, 0.25) is 0 Å². The lowest BCUT2D eigenvalue weighted by Gasteiger charge is -2.29. The monoisotopic (exact) mass is 479 g/mol. The first-order valence-corrected chi connectivity index (χ1v) is 12.4. The molecule has 8 heteroatoms. The van der Waals surface area contributed by atoms with E-state index in [-0.39, 0.29) is 18.0 Å². The molecule has 1 aliphatic carbocycles. The first kappa shape index (κ1) is 23.5. The normalized spacial score (nSPS) is 17.6. The molecule has 0 aliphatic heterocycles. The van der Waals surface area contributed by atoms with Crippen molar-refractivity contribution in [2.24, 2.45) is 0 Å². The number of carbonyl (C=O) groups excluding carboxylic acids is 1. The zero-order chi connectivity index (χ0) is 25.1. The Morgan fingerprint density at radius 3 is 2.64 bits per heavy atom. The summed E-state index contributed by atoms with van der Waals surface area (Å²) in [6.07, 6.45) is 10.8. The molecule has 0 radical (unpaired) electrons. The average molecular weight is 480 g/mol. The Labute approximate surface area is 210 Å². The van der Waals surface area contributed by atoms with E-state index in [4.69, 9.17) is 5.26 Å². The number of nitriles is 1. The number of hydrogen-bond donors (Lipinski definition) is 2. The fraction of sp³-hybridized carbons (Fsp3) is 0.321. The van der Waals surface area contributed by atoms with Gasteiger partial charge in [0.2, 0.25) is 0 Å². The van der Waals surface area contributed by atoms with Crippen molar-refractivity contribution < 1.29 is 4.79 Å². The second kappa shape index (κ2) is 10.2. The van der Waals surface area contributed by atoms with Crippen LogP contribution in [-0.2, 0) is 0 Å².